The Bertz CT molecular complexity index is 435. The highest BCUT2D eigenvalue weighted by Crippen LogP contribution is 2.15. The first-order chi connectivity index (χ1) is 8.99. The van der Waals surface area contributed by atoms with E-state index < -0.39 is 17.8 Å². The van der Waals surface area contributed by atoms with Gasteiger partial charge in [0.25, 0.3) is 5.91 Å². The van der Waals surface area contributed by atoms with E-state index >= 15 is 0 Å². The molecule has 1 amide bonds. The van der Waals surface area contributed by atoms with Gasteiger partial charge >= 0.3 is 0 Å². The topological polar surface area (TPSA) is 49.3 Å². The average molecular weight is 288 g/mol. The second-order valence-corrected chi connectivity index (χ2v) is 4.91. The van der Waals surface area contributed by atoms with Crippen molar-refractivity contribution in [2.45, 2.75) is 32.8 Å². The molecule has 19 heavy (non-hydrogen) atoms. The molecule has 2 N–H and O–H groups in total. The zero-order valence-corrected chi connectivity index (χ0v) is 11.9. The van der Waals surface area contributed by atoms with Crippen molar-refractivity contribution in [2.24, 2.45) is 5.92 Å². The third kappa shape index (κ3) is 4.48. The summed E-state index contributed by atoms with van der Waals surface area (Å²) >= 11 is 5.72. The van der Waals surface area contributed by atoms with Crippen molar-refractivity contribution in [3.05, 3.63) is 34.6 Å². The van der Waals surface area contributed by atoms with E-state index in [0.717, 1.165) is 18.9 Å². The Hall–Kier alpha value is -1.13. The van der Waals surface area contributed by atoms with E-state index in [1.807, 2.05) is 13.8 Å². The number of aliphatic hydroxyl groups excluding tert-OH is 1. The summed E-state index contributed by atoms with van der Waals surface area (Å²) in [6.07, 6.45) is 1.04. The first-order valence-electron chi connectivity index (χ1n) is 6.40. The maximum Gasteiger partial charge on any atom is 0.254 e. The van der Waals surface area contributed by atoms with Gasteiger partial charge in [0.1, 0.15) is 5.82 Å². The molecule has 106 valence electrons. The lowest BCUT2D eigenvalue weighted by atomic mass is 9.96. The molecule has 0 aromatic heterocycles. The summed E-state index contributed by atoms with van der Waals surface area (Å²) in [5.41, 5.74) is -0.107. The second-order valence-electron chi connectivity index (χ2n) is 4.48. The molecule has 0 aliphatic carbocycles. The standard InChI is InChI=1S/C14H19ClFNO2/c1-3-9(4-2)13(18)8-17-14(19)11-7-10(15)5-6-12(11)16/h5-7,9,13,18H,3-4,8H2,1-2H3,(H,17,19). The van der Waals surface area contributed by atoms with Crippen LogP contribution in [0, 0.1) is 11.7 Å². The molecule has 0 aliphatic heterocycles. The molecule has 1 rings (SSSR count). The second kappa shape index (κ2) is 7.46. The fraction of sp³-hybridized carbons (Fsp3) is 0.500. The molecule has 1 aromatic carbocycles. The van der Waals surface area contributed by atoms with Gasteiger partial charge in [-0.3, -0.25) is 4.79 Å². The van der Waals surface area contributed by atoms with Gasteiger partial charge in [0.15, 0.2) is 0 Å². The molecule has 0 bridgehead atoms. The van der Waals surface area contributed by atoms with Crippen molar-refractivity contribution in [1.82, 2.24) is 5.32 Å². The largest absolute Gasteiger partial charge is 0.391 e. The number of amides is 1. The minimum absolute atomic E-state index is 0.107. The Balaban J connectivity index is 2.63. The molecular weight excluding hydrogens is 269 g/mol. The fourth-order valence-electron chi connectivity index (χ4n) is 1.96. The molecule has 0 fully saturated rings. The smallest absolute Gasteiger partial charge is 0.254 e. The molecular formula is C14H19ClFNO2. The molecule has 3 nitrogen and oxygen atoms in total. The number of carbonyl (C=O) groups excluding carboxylic acids is 1. The normalized spacial score (nSPS) is 12.5. The Morgan fingerprint density at radius 1 is 1.42 bits per heavy atom. The van der Waals surface area contributed by atoms with Crippen LogP contribution in [-0.4, -0.2) is 23.7 Å². The summed E-state index contributed by atoms with van der Waals surface area (Å²) in [6, 6.07) is 3.80. The number of aliphatic hydroxyl groups is 1. The van der Waals surface area contributed by atoms with Crippen LogP contribution in [0.15, 0.2) is 18.2 Å². The van der Waals surface area contributed by atoms with Crippen LogP contribution in [0.3, 0.4) is 0 Å². The third-order valence-electron chi connectivity index (χ3n) is 3.24. The van der Waals surface area contributed by atoms with Gasteiger partial charge in [-0.25, -0.2) is 4.39 Å². The van der Waals surface area contributed by atoms with Crippen LogP contribution in [0.25, 0.3) is 0 Å². The highest BCUT2D eigenvalue weighted by Gasteiger charge is 2.18. The van der Waals surface area contributed by atoms with Crippen molar-refractivity contribution in [1.29, 1.82) is 0 Å². The SMILES string of the molecule is CCC(CC)C(O)CNC(=O)c1cc(Cl)ccc1F. The molecule has 1 aromatic rings. The summed E-state index contributed by atoms with van der Waals surface area (Å²) in [7, 11) is 0. The molecule has 0 radical (unpaired) electrons. The zero-order chi connectivity index (χ0) is 14.4. The Morgan fingerprint density at radius 2 is 2.05 bits per heavy atom. The van der Waals surface area contributed by atoms with Gasteiger partial charge in [0.2, 0.25) is 0 Å². The lowest BCUT2D eigenvalue weighted by Gasteiger charge is -2.20. The van der Waals surface area contributed by atoms with Gasteiger partial charge in [-0.05, 0) is 24.1 Å². The Morgan fingerprint density at radius 3 is 2.63 bits per heavy atom. The van der Waals surface area contributed by atoms with Crippen LogP contribution >= 0.6 is 11.6 Å². The quantitative estimate of drug-likeness (QED) is 0.845. The number of nitrogens with one attached hydrogen (secondary N) is 1. The summed E-state index contributed by atoms with van der Waals surface area (Å²) < 4.78 is 13.5. The Labute approximate surface area is 117 Å². The lowest BCUT2D eigenvalue weighted by molar-refractivity contribution is 0.0813. The lowest BCUT2D eigenvalue weighted by Crippen LogP contribution is -2.36. The van der Waals surface area contributed by atoms with E-state index in [2.05, 4.69) is 5.32 Å². The molecule has 1 unspecified atom stereocenters. The molecule has 0 saturated carbocycles. The van der Waals surface area contributed by atoms with Crippen LogP contribution in [0.1, 0.15) is 37.0 Å². The van der Waals surface area contributed by atoms with Gasteiger partial charge < -0.3 is 10.4 Å². The number of rotatable bonds is 6. The van der Waals surface area contributed by atoms with Gasteiger partial charge in [-0.15, -0.1) is 0 Å². The number of benzene rings is 1. The number of hydrogen-bond donors (Lipinski definition) is 2. The first kappa shape index (κ1) is 15.9. The first-order valence-corrected chi connectivity index (χ1v) is 6.78. The van der Waals surface area contributed by atoms with Crippen LogP contribution in [-0.2, 0) is 0 Å². The predicted octanol–water partition coefficient (Wildman–Crippen LogP) is 3.01. The summed E-state index contributed by atoms with van der Waals surface area (Å²) in [5.74, 6) is -1.06. The van der Waals surface area contributed by atoms with Gasteiger partial charge in [-0.2, -0.15) is 0 Å². The number of hydrogen-bond acceptors (Lipinski definition) is 2. The molecule has 0 aliphatic rings. The van der Waals surface area contributed by atoms with Crippen molar-refractivity contribution < 1.29 is 14.3 Å². The molecule has 0 saturated heterocycles. The van der Waals surface area contributed by atoms with Crippen LogP contribution in [0.5, 0.6) is 0 Å². The van der Waals surface area contributed by atoms with Crippen molar-refractivity contribution in [3.8, 4) is 0 Å². The average Bonchev–Trinajstić information content (AvgIpc) is 2.40. The van der Waals surface area contributed by atoms with Gasteiger partial charge in [0, 0.05) is 11.6 Å². The van der Waals surface area contributed by atoms with Crippen molar-refractivity contribution in [2.75, 3.05) is 6.54 Å². The monoisotopic (exact) mass is 287 g/mol. The fourth-order valence-corrected chi connectivity index (χ4v) is 2.14. The van der Waals surface area contributed by atoms with Gasteiger partial charge in [0.05, 0.1) is 11.7 Å². The van der Waals surface area contributed by atoms with Crippen LogP contribution in [0.4, 0.5) is 4.39 Å². The third-order valence-corrected chi connectivity index (χ3v) is 3.47. The number of halogens is 2. The summed E-state index contributed by atoms with van der Waals surface area (Å²) in [6.45, 7) is 4.07. The molecule has 1 atom stereocenters. The molecule has 5 heteroatoms. The maximum absolute atomic E-state index is 13.5. The van der Waals surface area contributed by atoms with Crippen LogP contribution in [0.2, 0.25) is 5.02 Å². The highest BCUT2D eigenvalue weighted by molar-refractivity contribution is 6.30. The van der Waals surface area contributed by atoms with Crippen LogP contribution < -0.4 is 5.32 Å². The minimum atomic E-state index is -0.626. The molecule has 0 heterocycles. The van der Waals surface area contributed by atoms with Crippen molar-refractivity contribution >= 4 is 17.5 Å². The van der Waals surface area contributed by atoms with Crippen molar-refractivity contribution in [3.63, 3.8) is 0 Å². The number of carbonyl (C=O) groups is 1. The molecule has 0 spiro atoms. The van der Waals surface area contributed by atoms with Gasteiger partial charge in [-0.1, -0.05) is 38.3 Å². The summed E-state index contributed by atoms with van der Waals surface area (Å²) in [4.78, 5) is 11.8. The van der Waals surface area contributed by atoms with E-state index in [1.54, 1.807) is 0 Å². The van der Waals surface area contributed by atoms with E-state index in [0.29, 0.717) is 5.02 Å². The Kier molecular flexibility index (Phi) is 6.25. The maximum atomic E-state index is 13.5. The minimum Gasteiger partial charge on any atom is -0.391 e. The van der Waals surface area contributed by atoms with E-state index in [4.69, 9.17) is 11.6 Å². The highest BCUT2D eigenvalue weighted by atomic mass is 35.5. The van der Waals surface area contributed by atoms with E-state index in [1.165, 1.54) is 12.1 Å². The van der Waals surface area contributed by atoms with E-state index in [9.17, 15) is 14.3 Å². The predicted molar refractivity (Wildman–Crippen MR) is 73.8 cm³/mol. The zero-order valence-electron chi connectivity index (χ0n) is 11.1. The van der Waals surface area contributed by atoms with E-state index in [-0.39, 0.29) is 18.0 Å². The summed E-state index contributed by atoms with van der Waals surface area (Å²) in [5, 5.41) is 12.7.